The lowest BCUT2D eigenvalue weighted by Gasteiger charge is -2.36. The molecule has 4 aromatic carbocycles. The highest BCUT2D eigenvalue weighted by Gasteiger charge is 2.44. The summed E-state index contributed by atoms with van der Waals surface area (Å²) in [4.78, 5) is 23.7. The number of carbonyl (C=O) groups excluding carboxylic acids is 1. The van der Waals surface area contributed by atoms with E-state index >= 15 is 0 Å². The molecule has 0 saturated carbocycles. The number of carboxylic acids is 1. The Morgan fingerprint density at radius 2 is 0.925 bits per heavy atom. The highest BCUT2D eigenvalue weighted by atomic mass is 36.0. The van der Waals surface area contributed by atoms with E-state index in [0.29, 0.717) is 60.2 Å². The third kappa shape index (κ3) is 18.6. The maximum Gasteiger partial charge on any atom is 0.307 e. The van der Waals surface area contributed by atoms with Crippen molar-refractivity contribution in [2.45, 2.75) is 82.8 Å². The van der Waals surface area contributed by atoms with Crippen LogP contribution in [-0.2, 0) is 91.3 Å². The third-order valence-corrected chi connectivity index (χ3v) is 15.4. The van der Waals surface area contributed by atoms with Crippen LogP contribution in [0, 0.1) is 0 Å². The maximum atomic E-state index is 12.2. The van der Waals surface area contributed by atoms with Gasteiger partial charge < -0.3 is 14.6 Å². The summed E-state index contributed by atoms with van der Waals surface area (Å²) in [6.45, 7) is 6.16. The molecule has 0 radical (unpaired) electrons. The van der Waals surface area contributed by atoms with E-state index in [1.54, 1.807) is 60.1 Å². The van der Waals surface area contributed by atoms with Gasteiger partial charge in [-0.25, -0.2) is 43.4 Å². The maximum absolute atomic E-state index is 12.2. The Kier molecular flexibility index (Phi) is 23.3. The first-order valence-electron chi connectivity index (χ1n) is 20.3. The zero-order valence-corrected chi connectivity index (χ0v) is 43.4. The minimum absolute atomic E-state index is 0.0854. The van der Waals surface area contributed by atoms with Crippen LogP contribution in [0.3, 0.4) is 0 Å². The molecule has 3 N–H and O–H groups in total. The molecule has 1 amide bonds. The lowest BCUT2D eigenvalue weighted by atomic mass is 9.73. The van der Waals surface area contributed by atoms with Crippen LogP contribution in [-0.4, -0.2) is 112 Å². The molecule has 23 heteroatoms. The number of aliphatic carboxylic acids is 1. The van der Waals surface area contributed by atoms with E-state index in [2.05, 4.69) is 28.3 Å². The highest BCUT2D eigenvalue weighted by Crippen LogP contribution is 2.39. The van der Waals surface area contributed by atoms with Gasteiger partial charge in [0.15, 0.2) is 39.3 Å². The predicted octanol–water partition coefficient (Wildman–Crippen LogP) is 6.21. The molecule has 4 aromatic rings. The topological polar surface area (TPSA) is 259 Å². The van der Waals surface area contributed by atoms with Crippen molar-refractivity contribution in [3.05, 3.63) is 119 Å². The molecule has 2 fully saturated rings. The standard InChI is InChI=1S/C13H17NO5S.C13H18O3S.C9H10O4S.C9H12O2S.Cl2OS/c1-20(17,18)11-5-3-2-4-10(11)13(12(15)14-16)6-8-19-9-7-13;1-13(7-9-16-10-8-13)11-5-3-4-6-12(11)17(2,14)15;1-14(12,13)8-5-3-2-4-7(8)6-9(10)11;1-3-8-6-4-5-7-9(8)12(2,10)11;1-4(2)3/h2-5,16H,6-9H2,1H3,(H,14,15);3-6H,7-10H2,1-2H3;2-5H,6H2,1H3,(H,10,11);4-7H,3H2,1-2H3;. The number of carbonyl (C=O) groups is 2. The second kappa shape index (κ2) is 26.3. The van der Waals surface area contributed by atoms with Crippen LogP contribution in [0.4, 0.5) is 0 Å². The molecule has 0 unspecified atom stereocenters. The molecule has 2 saturated heterocycles. The van der Waals surface area contributed by atoms with Gasteiger partial charge in [-0.1, -0.05) is 86.6 Å². The number of sulfone groups is 4. The van der Waals surface area contributed by atoms with Crippen LogP contribution < -0.4 is 5.48 Å². The van der Waals surface area contributed by atoms with Gasteiger partial charge in [-0.2, -0.15) is 0 Å². The van der Waals surface area contributed by atoms with E-state index in [1.807, 2.05) is 31.2 Å². The second-order valence-corrected chi connectivity index (χ2v) is 26.2. The first-order chi connectivity index (χ1) is 31.0. The fraction of sp³-hybridized carbons (Fsp3) is 0.409. The molecule has 0 spiro atoms. The number of aryl methyl sites for hydroxylation is 1. The van der Waals surface area contributed by atoms with Gasteiger partial charge >= 0.3 is 5.97 Å². The Bertz CT molecular complexity index is 2770. The minimum Gasteiger partial charge on any atom is -0.481 e. The normalized spacial score (nSPS) is 15.6. The molecule has 2 heterocycles. The van der Waals surface area contributed by atoms with Gasteiger partial charge in [-0.3, -0.25) is 14.8 Å². The summed E-state index contributed by atoms with van der Waals surface area (Å²) >= 11 is 0. The molecule has 0 aromatic heterocycles. The molecular formula is C44H57Cl2NO15S5. The fourth-order valence-corrected chi connectivity index (χ4v) is 11.3. The number of hydrogen-bond acceptors (Lipinski definition) is 14. The van der Waals surface area contributed by atoms with E-state index in [9.17, 15) is 43.3 Å². The van der Waals surface area contributed by atoms with Crippen molar-refractivity contribution in [2.24, 2.45) is 0 Å². The Morgan fingerprint density at radius 1 is 0.597 bits per heavy atom. The van der Waals surface area contributed by atoms with Crippen molar-refractivity contribution in [3.8, 4) is 0 Å². The SMILES string of the molecule is CC1(c2ccccc2S(C)(=O)=O)CCOCC1.CCc1ccccc1S(C)(=O)=O.CS(=O)(=O)c1ccccc1C1(C(=O)NO)CCOCC1.CS(=O)(=O)c1ccccc1CC(=O)O.O=S(Cl)Cl. The van der Waals surface area contributed by atoms with E-state index < -0.39 is 65.9 Å². The number of amides is 1. The van der Waals surface area contributed by atoms with Gasteiger partial charge in [0, 0.05) is 72.8 Å². The summed E-state index contributed by atoms with van der Waals surface area (Å²) in [7, 11) is -5.66. The largest absolute Gasteiger partial charge is 0.481 e. The fourth-order valence-electron chi connectivity index (χ4n) is 7.34. The molecule has 2 aliphatic rings. The Balaban J connectivity index is 0.000000303. The molecule has 0 atom stereocenters. The highest BCUT2D eigenvalue weighted by molar-refractivity contribution is 8.26. The summed E-state index contributed by atoms with van der Waals surface area (Å²) in [6.07, 6.45) is 7.56. The average molecular weight is 1070 g/mol. The Morgan fingerprint density at radius 3 is 1.30 bits per heavy atom. The molecule has 0 bridgehead atoms. The number of rotatable bonds is 10. The second-order valence-electron chi connectivity index (χ2n) is 15.7. The Labute approximate surface area is 405 Å². The van der Waals surface area contributed by atoms with E-state index in [4.69, 9.17) is 24.0 Å². The van der Waals surface area contributed by atoms with Crippen molar-refractivity contribution >= 4 is 81.8 Å². The zero-order valence-electron chi connectivity index (χ0n) is 37.8. The lowest BCUT2D eigenvalue weighted by molar-refractivity contribution is -0.139. The van der Waals surface area contributed by atoms with Gasteiger partial charge in [0.2, 0.25) is 9.23 Å². The van der Waals surface area contributed by atoms with E-state index in [0.717, 1.165) is 42.9 Å². The number of hydrogen-bond donors (Lipinski definition) is 3. The third-order valence-electron chi connectivity index (χ3n) is 10.7. The quantitative estimate of drug-likeness (QED) is 0.0906. The van der Waals surface area contributed by atoms with Gasteiger partial charge in [-0.05, 0) is 84.0 Å². The smallest absolute Gasteiger partial charge is 0.307 e. The predicted molar refractivity (Wildman–Crippen MR) is 258 cm³/mol. The van der Waals surface area contributed by atoms with Crippen molar-refractivity contribution in [3.63, 3.8) is 0 Å². The summed E-state index contributed by atoms with van der Waals surface area (Å²) < 4.78 is 112. The molecular weight excluding hydrogens is 1010 g/mol. The number of ether oxygens (including phenoxy) is 2. The molecule has 16 nitrogen and oxygen atoms in total. The van der Waals surface area contributed by atoms with E-state index in [-0.39, 0.29) is 21.6 Å². The summed E-state index contributed by atoms with van der Waals surface area (Å²) in [5, 5.41) is 17.6. The monoisotopic (exact) mass is 1070 g/mol. The van der Waals surface area contributed by atoms with Crippen LogP contribution in [0.1, 0.15) is 61.8 Å². The van der Waals surface area contributed by atoms with Gasteiger partial charge in [0.1, 0.15) is 0 Å². The molecule has 67 heavy (non-hydrogen) atoms. The van der Waals surface area contributed by atoms with Gasteiger partial charge in [0.05, 0.1) is 31.4 Å². The van der Waals surface area contributed by atoms with Crippen molar-refractivity contribution < 1.29 is 67.3 Å². The van der Waals surface area contributed by atoms with Gasteiger partial charge in [0.25, 0.3) is 5.91 Å². The number of hydroxylamine groups is 1. The molecule has 0 aliphatic carbocycles. The number of benzene rings is 4. The lowest BCUT2D eigenvalue weighted by Crippen LogP contribution is -2.47. The first-order valence-corrected chi connectivity index (χ1v) is 30.6. The van der Waals surface area contributed by atoms with E-state index in [1.165, 1.54) is 30.7 Å². The number of nitrogens with one attached hydrogen (secondary N) is 1. The van der Waals surface area contributed by atoms with Crippen LogP contribution in [0.15, 0.2) is 117 Å². The van der Waals surface area contributed by atoms with Crippen molar-refractivity contribution in [2.75, 3.05) is 51.5 Å². The number of halogens is 2. The zero-order chi connectivity index (χ0) is 50.9. The summed E-state index contributed by atoms with van der Waals surface area (Å²) in [6, 6.07) is 26.9. The van der Waals surface area contributed by atoms with Crippen LogP contribution in [0.5, 0.6) is 0 Å². The summed E-state index contributed by atoms with van der Waals surface area (Å²) in [5.74, 6) is -1.64. The number of carboxylic acid groups (broad SMARTS) is 1. The molecule has 6 rings (SSSR count). The molecule has 2 aliphatic heterocycles. The van der Waals surface area contributed by atoms with Crippen molar-refractivity contribution in [1.82, 2.24) is 5.48 Å². The minimum atomic E-state index is -3.47. The average Bonchev–Trinajstić information content (AvgIpc) is 3.26. The van der Waals surface area contributed by atoms with Crippen LogP contribution in [0.2, 0.25) is 0 Å². The van der Waals surface area contributed by atoms with Crippen molar-refractivity contribution in [1.29, 1.82) is 0 Å². The Hall–Kier alpha value is -3.77. The van der Waals surface area contributed by atoms with Crippen LogP contribution in [0.25, 0.3) is 0 Å². The van der Waals surface area contributed by atoms with Crippen LogP contribution >= 0.6 is 21.4 Å². The first kappa shape index (κ1) is 59.4. The molecule has 372 valence electrons. The van der Waals surface area contributed by atoms with Gasteiger partial charge in [-0.15, -0.1) is 0 Å². The summed E-state index contributed by atoms with van der Waals surface area (Å²) in [5.41, 5.74) is 3.06.